The van der Waals surface area contributed by atoms with E-state index in [1.165, 1.54) is 0 Å². The van der Waals surface area contributed by atoms with Crippen molar-refractivity contribution < 1.29 is 4.21 Å². The van der Waals surface area contributed by atoms with E-state index in [1.807, 2.05) is 25.1 Å². The molecule has 1 unspecified atom stereocenters. The van der Waals surface area contributed by atoms with Gasteiger partial charge in [0.05, 0.1) is 10.4 Å². The first-order chi connectivity index (χ1) is 6.70. The fraction of sp³-hybridized carbons (Fsp3) is 0.100. The first-order valence-electron chi connectivity index (χ1n) is 4.12. The molecule has 0 aliphatic heterocycles. The molecule has 14 heavy (non-hydrogen) atoms. The zero-order valence-corrected chi connectivity index (χ0v) is 9.10. The third kappa shape index (κ3) is 1.53. The molecule has 0 fully saturated rings. The van der Waals surface area contributed by atoms with Crippen LogP contribution in [0.5, 0.6) is 0 Å². The van der Waals surface area contributed by atoms with Gasteiger partial charge in [-0.3, -0.25) is 4.98 Å². The first-order valence-corrected chi connectivity index (χ1v) is 6.10. The molecule has 0 amide bonds. The highest BCUT2D eigenvalue weighted by Gasteiger charge is 2.07. The highest BCUT2D eigenvalue weighted by molar-refractivity contribution is 8.08. The summed E-state index contributed by atoms with van der Waals surface area (Å²) >= 11 is 0. The summed E-state index contributed by atoms with van der Waals surface area (Å²) < 4.78 is 11.2. The van der Waals surface area contributed by atoms with Gasteiger partial charge < -0.3 is 0 Å². The third-order valence-electron chi connectivity index (χ3n) is 2.10. The molecule has 2 aromatic rings. The Hall–Kier alpha value is -0.930. The van der Waals surface area contributed by atoms with E-state index >= 15 is 0 Å². The summed E-state index contributed by atoms with van der Waals surface area (Å²) in [5, 5.41) is 0.862. The lowest BCUT2D eigenvalue weighted by Crippen LogP contribution is -1.89. The van der Waals surface area contributed by atoms with Crippen molar-refractivity contribution in [3.8, 4) is 0 Å². The van der Waals surface area contributed by atoms with Gasteiger partial charge in [-0.25, -0.2) is 4.21 Å². The molecule has 4 heteroatoms. The molecule has 1 heterocycles. The number of rotatable bonds is 1. The van der Waals surface area contributed by atoms with E-state index in [9.17, 15) is 4.21 Å². The molecule has 0 bridgehead atoms. The number of pyridine rings is 1. The molecule has 2 rings (SSSR count). The molecule has 1 aromatic heterocycles. The molecule has 1 atom stereocenters. The Morgan fingerprint density at radius 2 is 2.14 bits per heavy atom. The Labute approximate surface area is 88.9 Å². The first kappa shape index (κ1) is 9.62. The molecular weight excluding hydrogens is 218 g/mol. The zero-order chi connectivity index (χ0) is 10.1. The number of aryl methyl sites for hydroxylation is 1. The molecule has 72 valence electrons. The van der Waals surface area contributed by atoms with Crippen molar-refractivity contribution in [3.63, 3.8) is 0 Å². The van der Waals surface area contributed by atoms with Gasteiger partial charge in [-0.05, 0) is 35.3 Å². The summed E-state index contributed by atoms with van der Waals surface area (Å²) in [5.74, 6) is 0. The summed E-state index contributed by atoms with van der Waals surface area (Å²) in [5.41, 5.74) is 1.92. The molecule has 0 radical (unpaired) electrons. The van der Waals surface area contributed by atoms with Gasteiger partial charge in [0.1, 0.15) is 10.0 Å². The van der Waals surface area contributed by atoms with Gasteiger partial charge in [0.2, 0.25) is 0 Å². The standard InChI is InChI=1S/C10H8ClNOS/c1-7-4-5-9(14(11)13)8-3-2-6-12-10(7)8/h2-6H,1H3. The molecule has 1 aromatic carbocycles. The summed E-state index contributed by atoms with van der Waals surface area (Å²) in [6.45, 7) is 1.97. The smallest absolute Gasteiger partial charge is 0.148 e. The van der Waals surface area contributed by atoms with Crippen molar-refractivity contribution in [1.29, 1.82) is 0 Å². The fourth-order valence-electron chi connectivity index (χ4n) is 1.43. The van der Waals surface area contributed by atoms with Crippen molar-refractivity contribution in [1.82, 2.24) is 4.98 Å². The van der Waals surface area contributed by atoms with Crippen LogP contribution in [0.4, 0.5) is 0 Å². The average molecular weight is 226 g/mol. The molecular formula is C10H8ClNOS. The number of nitrogens with zero attached hydrogens (tertiary/aromatic N) is 1. The van der Waals surface area contributed by atoms with Crippen molar-refractivity contribution in [2.75, 3.05) is 0 Å². The predicted octanol–water partition coefficient (Wildman–Crippen LogP) is 2.80. The van der Waals surface area contributed by atoms with Gasteiger partial charge in [0.25, 0.3) is 0 Å². The fourth-order valence-corrected chi connectivity index (χ4v) is 2.34. The lowest BCUT2D eigenvalue weighted by Gasteiger charge is -2.03. The molecule has 0 spiro atoms. The van der Waals surface area contributed by atoms with Crippen LogP contribution in [-0.2, 0) is 10.0 Å². The maximum Gasteiger partial charge on any atom is 0.148 e. The number of aromatic nitrogens is 1. The van der Waals surface area contributed by atoms with Crippen LogP contribution in [0.1, 0.15) is 5.56 Å². The van der Waals surface area contributed by atoms with Crippen molar-refractivity contribution in [2.45, 2.75) is 11.8 Å². The minimum atomic E-state index is -1.48. The quantitative estimate of drug-likeness (QED) is 0.699. The van der Waals surface area contributed by atoms with Crippen LogP contribution in [0, 0.1) is 6.92 Å². The Morgan fingerprint density at radius 3 is 2.86 bits per heavy atom. The monoisotopic (exact) mass is 225 g/mol. The summed E-state index contributed by atoms with van der Waals surface area (Å²) in [7, 11) is 4.10. The van der Waals surface area contributed by atoms with Gasteiger partial charge in [0.15, 0.2) is 0 Å². The van der Waals surface area contributed by atoms with E-state index < -0.39 is 10.0 Å². The lowest BCUT2D eigenvalue weighted by molar-refractivity contribution is 0.691. The number of halogens is 1. The van der Waals surface area contributed by atoms with Gasteiger partial charge in [-0.1, -0.05) is 12.1 Å². The average Bonchev–Trinajstić information content (AvgIpc) is 2.18. The van der Waals surface area contributed by atoms with Crippen molar-refractivity contribution in [2.24, 2.45) is 0 Å². The van der Waals surface area contributed by atoms with E-state index in [0.717, 1.165) is 16.5 Å². The largest absolute Gasteiger partial charge is 0.256 e. The van der Waals surface area contributed by atoms with E-state index in [4.69, 9.17) is 10.7 Å². The highest BCUT2D eigenvalue weighted by atomic mass is 35.7. The van der Waals surface area contributed by atoms with Crippen LogP contribution in [0.15, 0.2) is 35.4 Å². The van der Waals surface area contributed by atoms with Crippen LogP contribution >= 0.6 is 10.7 Å². The molecule has 0 aliphatic carbocycles. The Kier molecular flexibility index (Phi) is 2.52. The number of hydrogen-bond acceptors (Lipinski definition) is 2. The Morgan fingerprint density at radius 1 is 1.36 bits per heavy atom. The SMILES string of the molecule is Cc1ccc(S(=O)Cl)c2cccnc12. The third-order valence-corrected chi connectivity index (χ3v) is 3.30. The van der Waals surface area contributed by atoms with E-state index in [0.29, 0.717) is 4.90 Å². The summed E-state index contributed by atoms with van der Waals surface area (Å²) in [4.78, 5) is 4.86. The predicted molar refractivity (Wildman–Crippen MR) is 58.7 cm³/mol. The summed E-state index contributed by atoms with van der Waals surface area (Å²) in [6, 6.07) is 7.35. The maximum atomic E-state index is 11.2. The second kappa shape index (κ2) is 3.67. The second-order valence-corrected chi connectivity index (χ2v) is 4.73. The van der Waals surface area contributed by atoms with Crippen LogP contribution in [0.25, 0.3) is 10.9 Å². The summed E-state index contributed by atoms with van der Waals surface area (Å²) in [6.07, 6.45) is 1.72. The maximum absolute atomic E-state index is 11.2. The van der Waals surface area contributed by atoms with Gasteiger partial charge >= 0.3 is 0 Å². The van der Waals surface area contributed by atoms with Gasteiger partial charge in [-0.15, -0.1) is 0 Å². The molecule has 0 aliphatic rings. The van der Waals surface area contributed by atoms with Gasteiger partial charge in [0, 0.05) is 11.6 Å². The van der Waals surface area contributed by atoms with Crippen LogP contribution < -0.4 is 0 Å². The normalized spacial score (nSPS) is 13.0. The molecule has 0 N–H and O–H groups in total. The lowest BCUT2D eigenvalue weighted by atomic mass is 10.1. The minimum Gasteiger partial charge on any atom is -0.256 e. The molecule has 2 nitrogen and oxygen atoms in total. The van der Waals surface area contributed by atoms with Gasteiger partial charge in [-0.2, -0.15) is 0 Å². The van der Waals surface area contributed by atoms with Crippen LogP contribution in [0.2, 0.25) is 0 Å². The zero-order valence-electron chi connectivity index (χ0n) is 7.53. The Bertz CT molecular complexity index is 512. The van der Waals surface area contributed by atoms with E-state index in [-0.39, 0.29) is 0 Å². The topological polar surface area (TPSA) is 30.0 Å². The number of hydrogen-bond donors (Lipinski definition) is 0. The van der Waals surface area contributed by atoms with E-state index in [2.05, 4.69) is 4.98 Å². The second-order valence-electron chi connectivity index (χ2n) is 3.00. The Balaban J connectivity index is 2.88. The van der Waals surface area contributed by atoms with Crippen LogP contribution in [-0.4, -0.2) is 9.19 Å². The molecule has 0 saturated heterocycles. The van der Waals surface area contributed by atoms with E-state index in [1.54, 1.807) is 12.3 Å². The van der Waals surface area contributed by atoms with Crippen molar-refractivity contribution >= 4 is 31.6 Å². The van der Waals surface area contributed by atoms with Crippen molar-refractivity contribution in [3.05, 3.63) is 36.0 Å². The molecule has 0 saturated carbocycles. The number of benzene rings is 1. The van der Waals surface area contributed by atoms with Crippen LogP contribution in [0.3, 0.4) is 0 Å². The minimum absolute atomic E-state index is 0.625. The highest BCUT2D eigenvalue weighted by Crippen LogP contribution is 2.24. The number of fused-ring (bicyclic) bond motifs is 1.